The third-order valence-corrected chi connectivity index (χ3v) is 6.87. The monoisotopic (exact) mass is 264 g/mol. The number of fused-ring (bicyclic) bond motifs is 2. The zero-order valence-corrected chi connectivity index (χ0v) is 13.5. The second-order valence-corrected chi connectivity index (χ2v) is 8.47. The summed E-state index contributed by atoms with van der Waals surface area (Å²) in [5.41, 5.74) is 1.12. The van der Waals surface area contributed by atoms with Crippen LogP contribution in [0.4, 0.5) is 0 Å². The highest BCUT2D eigenvalue weighted by Crippen LogP contribution is 2.64. The Hall–Kier alpha value is -0.0800. The first-order valence-electron chi connectivity index (χ1n) is 8.30. The van der Waals surface area contributed by atoms with Crippen LogP contribution in [-0.2, 0) is 0 Å². The highest BCUT2D eigenvalue weighted by Gasteiger charge is 2.61. The van der Waals surface area contributed by atoms with E-state index in [2.05, 4.69) is 45.0 Å². The molecule has 2 saturated carbocycles. The number of hydrogen-bond acceptors (Lipinski definition) is 2. The van der Waals surface area contributed by atoms with Crippen LogP contribution in [0.1, 0.15) is 53.4 Å². The van der Waals surface area contributed by atoms with Gasteiger partial charge in [0.05, 0.1) is 0 Å². The van der Waals surface area contributed by atoms with Gasteiger partial charge in [0.25, 0.3) is 0 Å². The number of rotatable bonds is 2. The van der Waals surface area contributed by atoms with Crippen molar-refractivity contribution in [2.45, 2.75) is 65.5 Å². The van der Waals surface area contributed by atoms with E-state index in [0.29, 0.717) is 10.8 Å². The maximum atomic E-state index is 3.50. The lowest BCUT2D eigenvalue weighted by atomic mass is 9.67. The van der Waals surface area contributed by atoms with E-state index in [0.717, 1.165) is 23.9 Å². The minimum absolute atomic E-state index is 0.527. The molecule has 19 heavy (non-hydrogen) atoms. The molecule has 1 heterocycles. The van der Waals surface area contributed by atoms with Crippen molar-refractivity contribution in [3.63, 3.8) is 0 Å². The summed E-state index contributed by atoms with van der Waals surface area (Å²) in [6.07, 6.45) is 5.74. The molecule has 1 aliphatic heterocycles. The highest BCUT2D eigenvalue weighted by atomic mass is 15.2. The molecular weight excluding hydrogens is 232 g/mol. The molecule has 1 N–H and O–H groups in total. The SMILES string of the molecule is CNC1CCN(C2C3(C)CCC(C3)C2(C)C)CC1C. The van der Waals surface area contributed by atoms with Crippen molar-refractivity contribution >= 4 is 0 Å². The van der Waals surface area contributed by atoms with E-state index in [9.17, 15) is 0 Å². The fourth-order valence-corrected chi connectivity index (χ4v) is 6.03. The summed E-state index contributed by atoms with van der Waals surface area (Å²) >= 11 is 0. The van der Waals surface area contributed by atoms with Gasteiger partial charge in [-0.3, -0.25) is 4.90 Å². The molecule has 3 fully saturated rings. The largest absolute Gasteiger partial charge is 0.317 e. The van der Waals surface area contributed by atoms with E-state index in [1.54, 1.807) is 0 Å². The molecule has 5 unspecified atom stereocenters. The molecule has 3 rings (SSSR count). The molecule has 0 amide bonds. The van der Waals surface area contributed by atoms with Gasteiger partial charge in [0, 0.05) is 18.6 Å². The van der Waals surface area contributed by atoms with E-state index >= 15 is 0 Å². The maximum Gasteiger partial charge on any atom is 0.0203 e. The molecule has 3 aliphatic rings. The third-order valence-electron chi connectivity index (χ3n) is 6.87. The summed E-state index contributed by atoms with van der Waals surface area (Å²) in [5, 5.41) is 3.50. The minimum Gasteiger partial charge on any atom is -0.317 e. The second-order valence-electron chi connectivity index (χ2n) is 8.47. The molecule has 2 heteroatoms. The van der Waals surface area contributed by atoms with Gasteiger partial charge < -0.3 is 5.32 Å². The van der Waals surface area contributed by atoms with Gasteiger partial charge in [-0.05, 0) is 61.9 Å². The van der Waals surface area contributed by atoms with Crippen LogP contribution in [0.25, 0.3) is 0 Å². The van der Waals surface area contributed by atoms with Crippen molar-refractivity contribution in [3.8, 4) is 0 Å². The fourth-order valence-electron chi connectivity index (χ4n) is 6.03. The predicted molar refractivity (Wildman–Crippen MR) is 81.2 cm³/mol. The van der Waals surface area contributed by atoms with Gasteiger partial charge in [0.15, 0.2) is 0 Å². The summed E-state index contributed by atoms with van der Waals surface area (Å²) < 4.78 is 0. The normalized spacial score (nSPS) is 49.7. The van der Waals surface area contributed by atoms with E-state index in [4.69, 9.17) is 0 Å². The number of nitrogens with zero attached hydrogens (tertiary/aromatic N) is 1. The molecule has 2 aliphatic carbocycles. The molecular formula is C17H32N2. The Kier molecular flexibility index (Phi) is 3.26. The lowest BCUT2D eigenvalue weighted by molar-refractivity contribution is -0.0228. The fraction of sp³-hybridized carbons (Fsp3) is 1.00. The van der Waals surface area contributed by atoms with Gasteiger partial charge in [0.1, 0.15) is 0 Å². The Bertz CT molecular complexity index is 346. The van der Waals surface area contributed by atoms with Crippen molar-refractivity contribution in [3.05, 3.63) is 0 Å². The lowest BCUT2D eigenvalue weighted by Gasteiger charge is -2.52. The van der Waals surface area contributed by atoms with Crippen LogP contribution in [0.15, 0.2) is 0 Å². The molecule has 0 radical (unpaired) electrons. The standard InChI is InChI=1S/C17H32N2/c1-12-11-19(9-7-14(12)18-5)15-16(2,3)13-6-8-17(15,4)10-13/h12-15,18H,6-11H2,1-5H3. The van der Waals surface area contributed by atoms with Gasteiger partial charge in [0.2, 0.25) is 0 Å². The Morgan fingerprint density at radius 3 is 2.42 bits per heavy atom. The van der Waals surface area contributed by atoms with Crippen LogP contribution in [0, 0.1) is 22.7 Å². The van der Waals surface area contributed by atoms with E-state index < -0.39 is 0 Å². The lowest BCUT2D eigenvalue weighted by Crippen LogP contribution is -2.58. The topological polar surface area (TPSA) is 15.3 Å². The quantitative estimate of drug-likeness (QED) is 0.824. The molecule has 2 nitrogen and oxygen atoms in total. The minimum atomic E-state index is 0.527. The Balaban J connectivity index is 1.79. The van der Waals surface area contributed by atoms with Crippen molar-refractivity contribution in [2.24, 2.45) is 22.7 Å². The molecule has 110 valence electrons. The van der Waals surface area contributed by atoms with Gasteiger partial charge in [-0.25, -0.2) is 0 Å². The van der Waals surface area contributed by atoms with Crippen molar-refractivity contribution in [1.29, 1.82) is 0 Å². The van der Waals surface area contributed by atoms with Gasteiger partial charge in [-0.15, -0.1) is 0 Å². The average molecular weight is 264 g/mol. The highest BCUT2D eigenvalue weighted by molar-refractivity contribution is 5.13. The number of nitrogens with one attached hydrogen (secondary N) is 1. The summed E-state index contributed by atoms with van der Waals surface area (Å²) in [7, 11) is 2.12. The van der Waals surface area contributed by atoms with E-state index in [-0.39, 0.29) is 0 Å². The second kappa shape index (κ2) is 4.46. The van der Waals surface area contributed by atoms with Crippen LogP contribution in [0.5, 0.6) is 0 Å². The van der Waals surface area contributed by atoms with Crippen LogP contribution < -0.4 is 5.32 Å². The molecule has 0 aromatic rings. The first-order valence-corrected chi connectivity index (χ1v) is 8.30. The van der Waals surface area contributed by atoms with Gasteiger partial charge in [-0.1, -0.05) is 27.7 Å². The maximum absolute atomic E-state index is 3.50. The van der Waals surface area contributed by atoms with E-state index in [1.165, 1.54) is 38.8 Å². The molecule has 0 aromatic carbocycles. The number of hydrogen-bond donors (Lipinski definition) is 1. The molecule has 5 atom stereocenters. The first-order chi connectivity index (χ1) is 8.88. The van der Waals surface area contributed by atoms with Crippen molar-refractivity contribution in [2.75, 3.05) is 20.1 Å². The van der Waals surface area contributed by atoms with Gasteiger partial charge >= 0.3 is 0 Å². The Labute approximate surface area is 119 Å². The molecule has 0 spiro atoms. The zero-order chi connectivity index (χ0) is 13.8. The van der Waals surface area contributed by atoms with Gasteiger partial charge in [-0.2, -0.15) is 0 Å². The summed E-state index contributed by atoms with van der Waals surface area (Å²) in [5.74, 6) is 1.76. The smallest absolute Gasteiger partial charge is 0.0203 e. The predicted octanol–water partition coefficient (Wildman–Crippen LogP) is 3.13. The average Bonchev–Trinajstić information content (AvgIpc) is 2.80. The Morgan fingerprint density at radius 2 is 1.89 bits per heavy atom. The van der Waals surface area contributed by atoms with Crippen molar-refractivity contribution < 1.29 is 0 Å². The van der Waals surface area contributed by atoms with E-state index in [1.807, 2.05) is 0 Å². The number of likely N-dealkylation sites (tertiary alicyclic amines) is 1. The van der Waals surface area contributed by atoms with Crippen molar-refractivity contribution in [1.82, 2.24) is 10.2 Å². The van der Waals surface area contributed by atoms with Crippen LogP contribution in [0.3, 0.4) is 0 Å². The van der Waals surface area contributed by atoms with Crippen LogP contribution >= 0.6 is 0 Å². The summed E-state index contributed by atoms with van der Waals surface area (Å²) in [4.78, 5) is 2.86. The Morgan fingerprint density at radius 1 is 1.16 bits per heavy atom. The summed E-state index contributed by atoms with van der Waals surface area (Å²) in [6.45, 7) is 12.7. The first kappa shape index (κ1) is 13.9. The molecule has 0 aromatic heterocycles. The number of piperidine rings is 1. The summed E-state index contributed by atoms with van der Waals surface area (Å²) in [6, 6.07) is 1.55. The van der Waals surface area contributed by atoms with Crippen LogP contribution in [-0.4, -0.2) is 37.1 Å². The third kappa shape index (κ3) is 1.98. The molecule has 1 saturated heterocycles. The van der Waals surface area contributed by atoms with Crippen LogP contribution in [0.2, 0.25) is 0 Å². The zero-order valence-electron chi connectivity index (χ0n) is 13.5. The molecule has 2 bridgehead atoms.